The molecule has 0 saturated heterocycles. The number of benzene rings is 2. The molecule has 27 heavy (non-hydrogen) atoms. The number of rotatable bonds is 6. The number of carbonyl (C=O) groups is 2. The Balaban J connectivity index is 1.76. The Hall–Kier alpha value is -3.42. The molecule has 0 radical (unpaired) electrons. The molecule has 0 aromatic heterocycles. The van der Waals surface area contributed by atoms with Gasteiger partial charge in [0.05, 0.1) is 19.9 Å². The molecule has 1 heterocycles. The van der Waals surface area contributed by atoms with Gasteiger partial charge in [-0.1, -0.05) is 0 Å². The number of nitrogens with one attached hydrogen (secondary N) is 1. The first kappa shape index (κ1) is 18.4. The van der Waals surface area contributed by atoms with Crippen LogP contribution in [0.15, 0.2) is 36.4 Å². The van der Waals surface area contributed by atoms with Crippen LogP contribution in [0.1, 0.15) is 6.92 Å². The maximum atomic E-state index is 12.5. The first-order valence-electron chi connectivity index (χ1n) is 8.21. The number of hydrogen-bond acceptors (Lipinski definition) is 6. The molecule has 0 aliphatic carbocycles. The third-order valence-electron chi connectivity index (χ3n) is 4.02. The van der Waals surface area contributed by atoms with E-state index in [9.17, 15) is 9.59 Å². The highest BCUT2D eigenvalue weighted by Crippen LogP contribution is 2.35. The highest BCUT2D eigenvalue weighted by atomic mass is 16.7. The van der Waals surface area contributed by atoms with Crippen molar-refractivity contribution in [2.24, 2.45) is 0 Å². The average Bonchev–Trinajstić information content (AvgIpc) is 3.13. The minimum Gasteiger partial charge on any atom is -0.497 e. The van der Waals surface area contributed by atoms with Crippen LogP contribution in [0.3, 0.4) is 0 Å². The SMILES string of the molecule is COc1ccc(N(CC(=O)Nc2ccc3c(c2)OCO3)C(C)=O)c(OC)c1. The van der Waals surface area contributed by atoms with Crippen molar-refractivity contribution >= 4 is 23.2 Å². The fourth-order valence-corrected chi connectivity index (χ4v) is 2.69. The van der Waals surface area contributed by atoms with Crippen molar-refractivity contribution in [2.45, 2.75) is 6.92 Å². The van der Waals surface area contributed by atoms with Crippen LogP contribution in [-0.4, -0.2) is 39.4 Å². The average molecular weight is 372 g/mol. The van der Waals surface area contributed by atoms with E-state index in [1.807, 2.05) is 0 Å². The molecule has 3 rings (SSSR count). The van der Waals surface area contributed by atoms with E-state index < -0.39 is 0 Å². The van der Waals surface area contributed by atoms with E-state index in [4.69, 9.17) is 18.9 Å². The van der Waals surface area contributed by atoms with E-state index in [2.05, 4.69) is 5.32 Å². The van der Waals surface area contributed by atoms with Gasteiger partial charge < -0.3 is 24.3 Å². The number of ether oxygens (including phenoxy) is 4. The van der Waals surface area contributed by atoms with E-state index in [0.29, 0.717) is 34.4 Å². The number of carbonyl (C=O) groups excluding carboxylic acids is 2. The van der Waals surface area contributed by atoms with Crippen LogP contribution in [0.4, 0.5) is 11.4 Å². The van der Waals surface area contributed by atoms with Crippen molar-refractivity contribution in [1.29, 1.82) is 0 Å². The molecule has 0 bridgehead atoms. The lowest BCUT2D eigenvalue weighted by Crippen LogP contribution is -2.36. The topological polar surface area (TPSA) is 86.3 Å². The molecule has 1 N–H and O–H groups in total. The van der Waals surface area contributed by atoms with Gasteiger partial charge in [-0.25, -0.2) is 0 Å². The quantitative estimate of drug-likeness (QED) is 0.838. The Morgan fingerprint density at radius 2 is 1.85 bits per heavy atom. The van der Waals surface area contributed by atoms with Crippen molar-refractivity contribution in [3.8, 4) is 23.0 Å². The number of fused-ring (bicyclic) bond motifs is 1. The number of methoxy groups -OCH3 is 2. The summed E-state index contributed by atoms with van der Waals surface area (Å²) >= 11 is 0. The third kappa shape index (κ3) is 4.05. The molecule has 8 nitrogen and oxygen atoms in total. The van der Waals surface area contributed by atoms with Gasteiger partial charge in [-0.3, -0.25) is 14.5 Å². The zero-order chi connectivity index (χ0) is 19.4. The van der Waals surface area contributed by atoms with E-state index in [-0.39, 0.29) is 25.2 Å². The number of anilines is 2. The molecule has 1 aliphatic heterocycles. The van der Waals surface area contributed by atoms with E-state index in [1.165, 1.54) is 26.0 Å². The van der Waals surface area contributed by atoms with Crippen molar-refractivity contribution < 1.29 is 28.5 Å². The Morgan fingerprint density at radius 3 is 2.56 bits per heavy atom. The van der Waals surface area contributed by atoms with Crippen LogP contribution < -0.4 is 29.2 Å². The molecule has 0 saturated carbocycles. The molecule has 0 unspecified atom stereocenters. The van der Waals surface area contributed by atoms with Gasteiger partial charge in [-0.2, -0.15) is 0 Å². The van der Waals surface area contributed by atoms with Crippen LogP contribution in [0.2, 0.25) is 0 Å². The smallest absolute Gasteiger partial charge is 0.244 e. The zero-order valence-electron chi connectivity index (χ0n) is 15.3. The van der Waals surface area contributed by atoms with Crippen LogP contribution in [-0.2, 0) is 9.59 Å². The Morgan fingerprint density at radius 1 is 1.07 bits per heavy atom. The van der Waals surface area contributed by atoms with Crippen LogP contribution in [0.25, 0.3) is 0 Å². The Labute approximate surface area is 156 Å². The van der Waals surface area contributed by atoms with Gasteiger partial charge in [0.1, 0.15) is 18.0 Å². The second-order valence-electron chi connectivity index (χ2n) is 5.76. The van der Waals surface area contributed by atoms with Gasteiger partial charge in [-0.05, 0) is 24.3 Å². The van der Waals surface area contributed by atoms with Gasteiger partial charge in [0.25, 0.3) is 0 Å². The fourth-order valence-electron chi connectivity index (χ4n) is 2.69. The number of hydrogen-bond donors (Lipinski definition) is 1. The summed E-state index contributed by atoms with van der Waals surface area (Å²) in [6.45, 7) is 1.37. The van der Waals surface area contributed by atoms with Gasteiger partial charge >= 0.3 is 0 Å². The lowest BCUT2D eigenvalue weighted by atomic mass is 10.2. The summed E-state index contributed by atoms with van der Waals surface area (Å²) in [5, 5.41) is 2.75. The largest absolute Gasteiger partial charge is 0.497 e. The molecule has 0 fully saturated rings. The number of amides is 2. The predicted octanol–water partition coefficient (Wildman–Crippen LogP) is 2.42. The van der Waals surface area contributed by atoms with Gasteiger partial charge in [0, 0.05) is 24.7 Å². The normalized spacial score (nSPS) is 11.7. The van der Waals surface area contributed by atoms with Gasteiger partial charge in [0.15, 0.2) is 11.5 Å². The lowest BCUT2D eigenvalue weighted by molar-refractivity contribution is -0.120. The lowest BCUT2D eigenvalue weighted by Gasteiger charge is -2.23. The molecule has 2 aromatic rings. The third-order valence-corrected chi connectivity index (χ3v) is 4.02. The van der Waals surface area contributed by atoms with Crippen LogP contribution in [0, 0.1) is 0 Å². The molecule has 0 spiro atoms. The molecule has 2 aromatic carbocycles. The predicted molar refractivity (Wildman–Crippen MR) is 98.8 cm³/mol. The summed E-state index contributed by atoms with van der Waals surface area (Å²) < 4.78 is 21.0. The summed E-state index contributed by atoms with van der Waals surface area (Å²) in [5.74, 6) is 1.56. The summed E-state index contributed by atoms with van der Waals surface area (Å²) in [5.41, 5.74) is 1.03. The van der Waals surface area contributed by atoms with Crippen LogP contribution in [0.5, 0.6) is 23.0 Å². The highest BCUT2D eigenvalue weighted by molar-refractivity contribution is 6.02. The van der Waals surface area contributed by atoms with E-state index in [0.717, 1.165) is 0 Å². The standard InChI is InChI=1S/C19H20N2O6/c1-12(22)21(15-6-5-14(24-2)9-17(15)25-3)10-19(23)20-13-4-7-16-18(8-13)27-11-26-16/h4-9H,10-11H2,1-3H3,(H,20,23). The van der Waals surface area contributed by atoms with Gasteiger partial charge in [-0.15, -0.1) is 0 Å². The monoisotopic (exact) mass is 372 g/mol. The summed E-state index contributed by atoms with van der Waals surface area (Å²) in [4.78, 5) is 25.9. The summed E-state index contributed by atoms with van der Waals surface area (Å²) in [6, 6.07) is 10.1. The zero-order valence-corrected chi connectivity index (χ0v) is 15.3. The second kappa shape index (κ2) is 7.86. The maximum absolute atomic E-state index is 12.5. The highest BCUT2D eigenvalue weighted by Gasteiger charge is 2.21. The molecule has 142 valence electrons. The van der Waals surface area contributed by atoms with Crippen molar-refractivity contribution in [3.63, 3.8) is 0 Å². The first-order chi connectivity index (χ1) is 13.0. The molecular weight excluding hydrogens is 352 g/mol. The van der Waals surface area contributed by atoms with E-state index >= 15 is 0 Å². The summed E-state index contributed by atoms with van der Waals surface area (Å²) in [7, 11) is 3.03. The minimum atomic E-state index is -0.359. The molecule has 8 heteroatoms. The van der Waals surface area contributed by atoms with Gasteiger partial charge in [0.2, 0.25) is 18.6 Å². The van der Waals surface area contributed by atoms with E-state index in [1.54, 1.807) is 36.4 Å². The van der Waals surface area contributed by atoms with Crippen molar-refractivity contribution in [2.75, 3.05) is 37.8 Å². The Bertz CT molecular complexity index is 867. The fraction of sp³-hybridized carbons (Fsp3) is 0.263. The van der Waals surface area contributed by atoms with Crippen molar-refractivity contribution in [3.05, 3.63) is 36.4 Å². The second-order valence-corrected chi connectivity index (χ2v) is 5.76. The Kier molecular flexibility index (Phi) is 5.35. The summed E-state index contributed by atoms with van der Waals surface area (Å²) in [6.07, 6.45) is 0. The van der Waals surface area contributed by atoms with Crippen LogP contribution >= 0.6 is 0 Å². The molecule has 1 aliphatic rings. The minimum absolute atomic E-state index is 0.155. The van der Waals surface area contributed by atoms with Crippen molar-refractivity contribution in [1.82, 2.24) is 0 Å². The first-order valence-corrected chi connectivity index (χ1v) is 8.21. The molecule has 2 amide bonds. The maximum Gasteiger partial charge on any atom is 0.244 e. The number of nitrogens with zero attached hydrogens (tertiary/aromatic N) is 1. The molecular formula is C19H20N2O6. The molecule has 0 atom stereocenters.